The van der Waals surface area contributed by atoms with Gasteiger partial charge in [-0.1, -0.05) is 25.7 Å². The average Bonchev–Trinajstić information content (AvgIpc) is 2.94. The van der Waals surface area contributed by atoms with E-state index in [1.165, 1.54) is 62.5 Å². The first-order chi connectivity index (χ1) is 12.6. The summed E-state index contributed by atoms with van der Waals surface area (Å²) in [4.78, 5) is 31.5. The van der Waals surface area contributed by atoms with Crippen LogP contribution in [0.5, 0.6) is 0 Å². The largest absolute Gasteiger partial charge is 0.357 e. The molecule has 1 fully saturated rings. The molecule has 0 aliphatic heterocycles. The van der Waals surface area contributed by atoms with E-state index in [9.17, 15) is 9.59 Å². The summed E-state index contributed by atoms with van der Waals surface area (Å²) in [6.45, 7) is 2.51. The molecule has 142 valence electrons. The van der Waals surface area contributed by atoms with Crippen molar-refractivity contribution in [3.8, 4) is 0 Å². The summed E-state index contributed by atoms with van der Waals surface area (Å²) in [5.41, 5.74) is 1.96. The predicted molar refractivity (Wildman–Crippen MR) is 98.3 cm³/mol. The number of nitrogens with zero attached hydrogens (tertiary/aromatic N) is 2. The van der Waals surface area contributed by atoms with Gasteiger partial charge in [-0.15, -0.1) is 0 Å². The lowest BCUT2D eigenvalue weighted by molar-refractivity contribution is -0.124. The molecule has 1 atom stereocenters. The number of rotatable bonds is 7. The Morgan fingerprint density at radius 3 is 2.58 bits per heavy atom. The summed E-state index contributed by atoms with van der Waals surface area (Å²) < 4.78 is 0. The van der Waals surface area contributed by atoms with Crippen LogP contribution in [0.15, 0.2) is 18.5 Å². The van der Waals surface area contributed by atoms with Crippen LogP contribution >= 0.6 is 0 Å². The molecule has 8 nitrogen and oxygen atoms in total. The van der Waals surface area contributed by atoms with Crippen LogP contribution in [0.4, 0.5) is 5.82 Å². The average molecular weight is 361 g/mol. The van der Waals surface area contributed by atoms with Crippen LogP contribution in [0, 0.1) is 5.92 Å². The summed E-state index contributed by atoms with van der Waals surface area (Å²) >= 11 is 0. The second-order valence-electron chi connectivity index (χ2n) is 6.60. The molecule has 0 spiro atoms. The molecule has 8 heteroatoms. The summed E-state index contributed by atoms with van der Waals surface area (Å²) in [7, 11) is 0. The van der Waals surface area contributed by atoms with Gasteiger partial charge in [-0.2, -0.15) is 0 Å². The Hall–Kier alpha value is -2.48. The molecular formula is C18H27N5O3. The fourth-order valence-electron chi connectivity index (χ4n) is 2.95. The molecule has 4 N–H and O–H groups in total. The normalized spacial score (nSPS) is 16.7. The zero-order chi connectivity index (χ0) is 18.8. The quantitative estimate of drug-likeness (QED) is 0.255. The van der Waals surface area contributed by atoms with Crippen molar-refractivity contribution in [1.82, 2.24) is 20.8 Å². The van der Waals surface area contributed by atoms with Crippen LogP contribution in [-0.2, 0) is 9.59 Å². The van der Waals surface area contributed by atoms with E-state index in [1.807, 2.05) is 0 Å². The van der Waals surface area contributed by atoms with E-state index in [4.69, 9.17) is 5.21 Å². The lowest BCUT2D eigenvalue weighted by Gasteiger charge is -2.18. The fraction of sp³-hybridized carbons (Fsp3) is 0.556. The first kappa shape index (κ1) is 19.8. The lowest BCUT2D eigenvalue weighted by atomic mass is 10.0. The van der Waals surface area contributed by atoms with E-state index in [2.05, 4.69) is 20.6 Å². The predicted octanol–water partition coefficient (Wildman–Crippen LogP) is 1.88. The van der Waals surface area contributed by atoms with Crippen molar-refractivity contribution in [2.24, 2.45) is 5.92 Å². The SMILES string of the molecule is C[C@@H](Nc1cnc(/C=C/C(=O)NO)cn1)C(=O)NCC1CCCCCC1. The van der Waals surface area contributed by atoms with E-state index in [0.717, 1.165) is 12.6 Å². The highest BCUT2D eigenvalue weighted by molar-refractivity contribution is 5.90. The molecule has 1 saturated carbocycles. The number of aromatic nitrogens is 2. The molecule has 0 saturated heterocycles. The lowest BCUT2D eigenvalue weighted by Crippen LogP contribution is -2.40. The minimum atomic E-state index is -0.645. The molecule has 2 amide bonds. The number of carbonyl (C=O) groups is 2. The van der Waals surface area contributed by atoms with Gasteiger partial charge >= 0.3 is 0 Å². The number of nitrogens with one attached hydrogen (secondary N) is 3. The summed E-state index contributed by atoms with van der Waals surface area (Å²) in [5.74, 6) is 0.356. The number of hydroxylamine groups is 1. The van der Waals surface area contributed by atoms with Crippen molar-refractivity contribution in [3.63, 3.8) is 0 Å². The molecule has 0 unspecified atom stereocenters. The zero-order valence-corrected chi connectivity index (χ0v) is 15.1. The summed E-state index contributed by atoms with van der Waals surface area (Å²) in [5, 5.41) is 14.5. The molecule has 0 aromatic carbocycles. The van der Waals surface area contributed by atoms with Gasteiger partial charge in [-0.25, -0.2) is 10.5 Å². The monoisotopic (exact) mass is 361 g/mol. The maximum atomic E-state index is 12.3. The molecule has 1 heterocycles. The highest BCUT2D eigenvalue weighted by Crippen LogP contribution is 2.22. The Bertz CT molecular complexity index is 610. The van der Waals surface area contributed by atoms with Crippen LogP contribution < -0.4 is 16.1 Å². The number of hydrogen-bond donors (Lipinski definition) is 4. The van der Waals surface area contributed by atoms with Crippen LogP contribution in [0.25, 0.3) is 6.08 Å². The molecule has 2 rings (SSSR count). The smallest absolute Gasteiger partial charge is 0.267 e. The maximum Gasteiger partial charge on any atom is 0.267 e. The van der Waals surface area contributed by atoms with Crippen LogP contribution in [0.3, 0.4) is 0 Å². The van der Waals surface area contributed by atoms with Gasteiger partial charge in [0.15, 0.2) is 0 Å². The first-order valence-corrected chi connectivity index (χ1v) is 9.07. The minimum Gasteiger partial charge on any atom is -0.357 e. The van der Waals surface area contributed by atoms with Gasteiger partial charge in [0.2, 0.25) is 5.91 Å². The Balaban J connectivity index is 1.78. The van der Waals surface area contributed by atoms with E-state index >= 15 is 0 Å². The minimum absolute atomic E-state index is 0.0559. The van der Waals surface area contributed by atoms with E-state index in [-0.39, 0.29) is 5.91 Å². The van der Waals surface area contributed by atoms with Gasteiger partial charge < -0.3 is 10.6 Å². The van der Waals surface area contributed by atoms with Crippen molar-refractivity contribution in [1.29, 1.82) is 0 Å². The molecule has 26 heavy (non-hydrogen) atoms. The van der Waals surface area contributed by atoms with Crippen molar-refractivity contribution in [2.75, 3.05) is 11.9 Å². The Kier molecular flexibility index (Phi) is 8.01. The Morgan fingerprint density at radius 2 is 1.96 bits per heavy atom. The third-order valence-electron chi connectivity index (χ3n) is 4.48. The van der Waals surface area contributed by atoms with Gasteiger partial charge in [0.25, 0.3) is 5.91 Å². The number of hydrogen-bond acceptors (Lipinski definition) is 6. The standard InChI is InChI=1S/C18H27N5O3/c1-13(18(25)21-10-14-6-4-2-3-5-7-14)22-16-12-19-15(11-20-16)8-9-17(24)23-26/h8-9,11-14,26H,2-7,10H2,1H3,(H,20,22)(H,21,25)(H,23,24)/b9-8+/t13-/m1/s1. The number of carbonyl (C=O) groups excluding carboxylic acids is 2. The Labute approximate surface area is 153 Å². The van der Waals surface area contributed by atoms with Gasteiger partial charge in [-0.3, -0.25) is 19.8 Å². The molecular weight excluding hydrogens is 334 g/mol. The second-order valence-corrected chi connectivity index (χ2v) is 6.60. The number of amides is 2. The molecule has 1 aliphatic rings. The van der Waals surface area contributed by atoms with E-state index in [1.54, 1.807) is 6.92 Å². The van der Waals surface area contributed by atoms with Crippen LogP contribution in [0.1, 0.15) is 51.1 Å². The topological polar surface area (TPSA) is 116 Å². The third-order valence-corrected chi connectivity index (χ3v) is 4.48. The highest BCUT2D eigenvalue weighted by atomic mass is 16.5. The molecule has 0 radical (unpaired) electrons. The van der Waals surface area contributed by atoms with Crippen LogP contribution in [0.2, 0.25) is 0 Å². The fourth-order valence-corrected chi connectivity index (χ4v) is 2.95. The van der Waals surface area contributed by atoms with Gasteiger partial charge in [-0.05, 0) is 31.8 Å². The van der Waals surface area contributed by atoms with Gasteiger partial charge in [0, 0.05) is 12.6 Å². The van der Waals surface area contributed by atoms with Crippen molar-refractivity contribution >= 4 is 23.7 Å². The molecule has 0 bridgehead atoms. The molecule has 1 aromatic heterocycles. The van der Waals surface area contributed by atoms with Crippen LogP contribution in [-0.4, -0.2) is 39.6 Å². The molecule has 1 aliphatic carbocycles. The Morgan fingerprint density at radius 1 is 1.23 bits per heavy atom. The second kappa shape index (κ2) is 10.5. The van der Waals surface area contributed by atoms with E-state index < -0.39 is 11.9 Å². The zero-order valence-electron chi connectivity index (χ0n) is 15.1. The maximum absolute atomic E-state index is 12.3. The van der Waals surface area contributed by atoms with Gasteiger partial charge in [0.05, 0.1) is 18.1 Å². The van der Waals surface area contributed by atoms with Gasteiger partial charge in [0.1, 0.15) is 11.9 Å². The molecule has 1 aromatic rings. The highest BCUT2D eigenvalue weighted by Gasteiger charge is 2.17. The van der Waals surface area contributed by atoms with E-state index in [0.29, 0.717) is 17.4 Å². The van der Waals surface area contributed by atoms with Crippen molar-refractivity contribution in [2.45, 2.75) is 51.5 Å². The number of anilines is 1. The van der Waals surface area contributed by atoms with Crippen molar-refractivity contribution in [3.05, 3.63) is 24.2 Å². The third kappa shape index (κ3) is 6.79. The van der Waals surface area contributed by atoms with Crippen molar-refractivity contribution < 1.29 is 14.8 Å². The summed E-state index contributed by atoms with van der Waals surface area (Å²) in [6, 6.07) is -0.420. The first-order valence-electron chi connectivity index (χ1n) is 9.07. The summed E-state index contributed by atoms with van der Waals surface area (Å²) in [6.07, 6.45) is 13.0.